The second-order valence-corrected chi connectivity index (χ2v) is 7.69. The number of carbonyl (C=O) groups excluding carboxylic acids is 1. The van der Waals surface area contributed by atoms with Gasteiger partial charge in [0.05, 0.1) is 26.9 Å². The molecule has 0 spiro atoms. The lowest BCUT2D eigenvalue weighted by molar-refractivity contribution is 0.0942. The van der Waals surface area contributed by atoms with Gasteiger partial charge in [-0.3, -0.25) is 4.79 Å². The smallest absolute Gasteiger partial charge is 0.273 e. The van der Waals surface area contributed by atoms with Crippen molar-refractivity contribution in [3.63, 3.8) is 0 Å². The van der Waals surface area contributed by atoms with E-state index >= 15 is 0 Å². The van der Waals surface area contributed by atoms with Crippen molar-refractivity contribution in [2.45, 2.75) is 20.4 Å². The fourth-order valence-electron chi connectivity index (χ4n) is 3.55. The highest BCUT2D eigenvalue weighted by Crippen LogP contribution is 2.34. The Labute approximate surface area is 205 Å². The number of benzene rings is 2. The van der Waals surface area contributed by atoms with E-state index in [1.807, 2.05) is 18.2 Å². The zero-order chi connectivity index (χ0) is 25.2. The molecular weight excluding hydrogens is 450 g/mol. The van der Waals surface area contributed by atoms with Crippen LogP contribution < -0.4 is 24.3 Å². The van der Waals surface area contributed by atoms with Crippen LogP contribution in [0.25, 0.3) is 11.3 Å². The van der Waals surface area contributed by atoms with Crippen LogP contribution >= 0.6 is 0 Å². The summed E-state index contributed by atoms with van der Waals surface area (Å²) in [5, 5.41) is 6.77. The Morgan fingerprint density at radius 3 is 2.37 bits per heavy atom. The molecule has 3 rings (SSSR count). The van der Waals surface area contributed by atoms with E-state index < -0.39 is 0 Å². The van der Waals surface area contributed by atoms with E-state index in [4.69, 9.17) is 23.5 Å². The van der Waals surface area contributed by atoms with Crippen molar-refractivity contribution in [2.24, 2.45) is 0 Å². The highest BCUT2D eigenvalue weighted by atomic mass is 16.5. The van der Waals surface area contributed by atoms with Crippen molar-refractivity contribution in [1.82, 2.24) is 15.4 Å². The molecule has 9 nitrogen and oxygen atoms in total. The molecule has 0 aliphatic rings. The standard InChI is InChI=1S/C26H33N3O6/c1-6-29(7-2)12-13-34-23-10-8-18(14-25(23)33-5)17-27-26(30)21-16-24(35-28-21)20-15-19(31-3)9-11-22(20)32-4/h8-11,14-16H,6-7,12-13,17H2,1-5H3,(H,27,30). The quantitative estimate of drug-likeness (QED) is 0.390. The third-order valence-corrected chi connectivity index (χ3v) is 5.66. The topological polar surface area (TPSA) is 95.3 Å². The summed E-state index contributed by atoms with van der Waals surface area (Å²) in [7, 11) is 4.73. The van der Waals surface area contributed by atoms with Crippen LogP contribution in [0.1, 0.15) is 29.9 Å². The average Bonchev–Trinajstić information content (AvgIpc) is 3.40. The summed E-state index contributed by atoms with van der Waals surface area (Å²) in [6.45, 7) is 7.92. The van der Waals surface area contributed by atoms with Gasteiger partial charge in [-0.15, -0.1) is 0 Å². The highest BCUT2D eigenvalue weighted by Gasteiger charge is 2.17. The average molecular weight is 484 g/mol. The fraction of sp³-hybridized carbons (Fsp3) is 0.385. The number of likely N-dealkylation sites (N-methyl/N-ethyl adjacent to an activating group) is 1. The van der Waals surface area contributed by atoms with Crippen molar-refractivity contribution in [3.8, 4) is 34.3 Å². The second-order valence-electron chi connectivity index (χ2n) is 7.69. The van der Waals surface area contributed by atoms with Crippen LogP contribution in [0.5, 0.6) is 23.0 Å². The van der Waals surface area contributed by atoms with Gasteiger partial charge in [-0.05, 0) is 49.0 Å². The number of nitrogens with zero attached hydrogens (tertiary/aromatic N) is 2. The number of hydrogen-bond acceptors (Lipinski definition) is 8. The van der Waals surface area contributed by atoms with E-state index in [0.717, 1.165) is 25.2 Å². The molecule has 1 N–H and O–H groups in total. The molecule has 0 unspecified atom stereocenters. The van der Waals surface area contributed by atoms with Crippen LogP contribution in [0, 0.1) is 0 Å². The molecule has 0 aliphatic carbocycles. The maximum Gasteiger partial charge on any atom is 0.273 e. The number of methoxy groups -OCH3 is 3. The molecule has 188 valence electrons. The first-order chi connectivity index (χ1) is 17.0. The van der Waals surface area contributed by atoms with Crippen LogP contribution in [0.3, 0.4) is 0 Å². The number of ether oxygens (including phenoxy) is 4. The van der Waals surface area contributed by atoms with E-state index in [2.05, 4.69) is 29.2 Å². The van der Waals surface area contributed by atoms with Gasteiger partial charge in [0.2, 0.25) is 0 Å². The van der Waals surface area contributed by atoms with Gasteiger partial charge < -0.3 is 33.7 Å². The highest BCUT2D eigenvalue weighted by molar-refractivity contribution is 5.93. The maximum absolute atomic E-state index is 12.7. The Hall–Kier alpha value is -3.72. The van der Waals surface area contributed by atoms with Crippen molar-refractivity contribution in [3.05, 3.63) is 53.7 Å². The first-order valence-corrected chi connectivity index (χ1v) is 11.5. The normalized spacial score (nSPS) is 10.8. The maximum atomic E-state index is 12.7. The van der Waals surface area contributed by atoms with Gasteiger partial charge in [-0.1, -0.05) is 25.1 Å². The van der Waals surface area contributed by atoms with Crippen molar-refractivity contribution >= 4 is 5.91 Å². The number of aromatic nitrogens is 1. The van der Waals surface area contributed by atoms with Gasteiger partial charge in [-0.25, -0.2) is 0 Å². The van der Waals surface area contributed by atoms with Crippen molar-refractivity contribution in [2.75, 3.05) is 47.6 Å². The second kappa shape index (κ2) is 12.7. The molecule has 0 fully saturated rings. The van der Waals surface area contributed by atoms with Gasteiger partial charge in [0.1, 0.15) is 18.1 Å². The lowest BCUT2D eigenvalue weighted by Gasteiger charge is -2.19. The van der Waals surface area contributed by atoms with Crippen LogP contribution in [-0.4, -0.2) is 63.5 Å². The minimum Gasteiger partial charge on any atom is -0.497 e. The molecule has 2 aromatic carbocycles. The SMILES string of the molecule is CCN(CC)CCOc1ccc(CNC(=O)c2cc(-c3cc(OC)ccc3OC)on2)cc1OC. The summed E-state index contributed by atoms with van der Waals surface area (Å²) < 4.78 is 27.4. The largest absolute Gasteiger partial charge is 0.497 e. The minimum atomic E-state index is -0.361. The van der Waals surface area contributed by atoms with Crippen molar-refractivity contribution < 1.29 is 28.3 Å². The number of rotatable bonds is 13. The fourth-order valence-corrected chi connectivity index (χ4v) is 3.55. The van der Waals surface area contributed by atoms with Gasteiger partial charge in [0, 0.05) is 19.2 Å². The van der Waals surface area contributed by atoms with E-state index in [1.165, 1.54) is 0 Å². The summed E-state index contributed by atoms with van der Waals surface area (Å²) in [6, 6.07) is 12.5. The summed E-state index contributed by atoms with van der Waals surface area (Å²) in [5.41, 5.74) is 1.66. The van der Waals surface area contributed by atoms with Crippen molar-refractivity contribution in [1.29, 1.82) is 0 Å². The molecule has 35 heavy (non-hydrogen) atoms. The van der Waals surface area contributed by atoms with Gasteiger partial charge >= 0.3 is 0 Å². The third-order valence-electron chi connectivity index (χ3n) is 5.66. The van der Waals surface area contributed by atoms with E-state index in [1.54, 1.807) is 45.6 Å². The number of hydrogen-bond donors (Lipinski definition) is 1. The summed E-state index contributed by atoms with van der Waals surface area (Å²) in [6.07, 6.45) is 0. The van der Waals surface area contributed by atoms with E-state index in [-0.39, 0.29) is 11.6 Å². The Morgan fingerprint density at radius 2 is 1.69 bits per heavy atom. The van der Waals surface area contributed by atoms with Gasteiger partial charge in [0.15, 0.2) is 23.0 Å². The lowest BCUT2D eigenvalue weighted by atomic mass is 10.1. The molecule has 1 amide bonds. The molecular formula is C26H33N3O6. The Bertz CT molecular complexity index is 1110. The number of carbonyl (C=O) groups is 1. The van der Waals surface area contributed by atoms with Gasteiger partial charge in [-0.2, -0.15) is 0 Å². The molecule has 0 saturated heterocycles. The summed E-state index contributed by atoms with van der Waals surface area (Å²) >= 11 is 0. The monoisotopic (exact) mass is 483 g/mol. The first kappa shape index (κ1) is 25.9. The molecule has 3 aromatic rings. The zero-order valence-electron chi connectivity index (χ0n) is 20.9. The first-order valence-electron chi connectivity index (χ1n) is 11.5. The predicted octanol–water partition coefficient (Wildman–Crippen LogP) is 4.02. The van der Waals surface area contributed by atoms with Crippen LogP contribution in [-0.2, 0) is 6.54 Å². The Morgan fingerprint density at radius 1 is 0.943 bits per heavy atom. The van der Waals surface area contributed by atoms with E-state index in [9.17, 15) is 4.79 Å². The predicted molar refractivity (Wildman–Crippen MR) is 132 cm³/mol. The van der Waals surface area contributed by atoms with Crippen LogP contribution in [0.15, 0.2) is 47.0 Å². The molecule has 1 heterocycles. The Kier molecular flexibility index (Phi) is 9.37. The summed E-state index contributed by atoms with van der Waals surface area (Å²) in [4.78, 5) is 15.0. The number of amides is 1. The lowest BCUT2D eigenvalue weighted by Crippen LogP contribution is -2.28. The zero-order valence-corrected chi connectivity index (χ0v) is 20.9. The van der Waals surface area contributed by atoms with Crippen LogP contribution in [0.4, 0.5) is 0 Å². The molecule has 0 saturated carbocycles. The Balaban J connectivity index is 1.62. The molecule has 0 radical (unpaired) electrons. The van der Waals surface area contributed by atoms with E-state index in [0.29, 0.717) is 47.5 Å². The third kappa shape index (κ3) is 6.66. The van der Waals surface area contributed by atoms with Crippen LogP contribution in [0.2, 0.25) is 0 Å². The minimum absolute atomic E-state index is 0.160. The molecule has 1 aromatic heterocycles. The molecule has 0 atom stereocenters. The molecule has 0 bridgehead atoms. The molecule has 0 aliphatic heterocycles. The molecule has 9 heteroatoms. The number of nitrogens with one attached hydrogen (secondary N) is 1. The van der Waals surface area contributed by atoms with Gasteiger partial charge in [0.25, 0.3) is 5.91 Å². The summed E-state index contributed by atoms with van der Waals surface area (Å²) in [5.74, 6) is 2.55.